The number of pyridine rings is 1. The number of imidazole rings is 1. The van der Waals surface area contributed by atoms with E-state index < -0.39 is 11.9 Å². The van der Waals surface area contributed by atoms with Crippen molar-refractivity contribution in [3.63, 3.8) is 0 Å². The quantitative estimate of drug-likeness (QED) is 0.662. The summed E-state index contributed by atoms with van der Waals surface area (Å²) in [7, 11) is 0. The third-order valence-electron chi connectivity index (χ3n) is 5.01. The zero-order valence-electron chi connectivity index (χ0n) is 15.7. The molecular formula is C20H19F4N5. The lowest BCUT2D eigenvalue weighted by Gasteiger charge is -2.36. The zero-order chi connectivity index (χ0) is 20.6. The fraction of sp³-hybridized carbons (Fsp3) is 0.300. The first-order valence-corrected chi connectivity index (χ1v) is 9.16. The average molecular weight is 405 g/mol. The Morgan fingerprint density at radius 2 is 1.72 bits per heavy atom. The van der Waals surface area contributed by atoms with E-state index in [-0.39, 0.29) is 11.6 Å². The molecule has 0 radical (unpaired) electrons. The second-order valence-corrected chi connectivity index (χ2v) is 6.94. The van der Waals surface area contributed by atoms with Gasteiger partial charge in [-0.05, 0) is 36.8 Å². The van der Waals surface area contributed by atoms with Crippen molar-refractivity contribution >= 4 is 11.5 Å². The highest BCUT2D eigenvalue weighted by molar-refractivity contribution is 5.57. The molecule has 1 fully saturated rings. The number of hydrogen-bond donors (Lipinski definition) is 1. The first kappa shape index (κ1) is 19.2. The van der Waals surface area contributed by atoms with Crippen LogP contribution in [0.5, 0.6) is 0 Å². The maximum atomic E-state index is 13.8. The number of aromatic nitrogens is 3. The highest BCUT2D eigenvalue weighted by atomic mass is 19.4. The van der Waals surface area contributed by atoms with Crippen LogP contribution >= 0.6 is 0 Å². The van der Waals surface area contributed by atoms with Crippen molar-refractivity contribution < 1.29 is 17.6 Å². The van der Waals surface area contributed by atoms with Crippen molar-refractivity contribution in [2.45, 2.75) is 13.1 Å². The van der Waals surface area contributed by atoms with E-state index in [1.807, 2.05) is 6.07 Å². The summed E-state index contributed by atoms with van der Waals surface area (Å²) in [5.41, 5.74) is 1.00. The van der Waals surface area contributed by atoms with Gasteiger partial charge < -0.3 is 14.8 Å². The Morgan fingerprint density at radius 1 is 1.00 bits per heavy atom. The van der Waals surface area contributed by atoms with Gasteiger partial charge in [-0.1, -0.05) is 6.07 Å². The highest BCUT2D eigenvalue weighted by Gasteiger charge is 2.33. The van der Waals surface area contributed by atoms with Gasteiger partial charge in [-0.15, -0.1) is 0 Å². The Kier molecular flexibility index (Phi) is 4.89. The number of aryl methyl sites for hydroxylation is 1. The van der Waals surface area contributed by atoms with Crippen LogP contribution in [-0.4, -0.2) is 41.1 Å². The molecule has 3 aromatic rings. The van der Waals surface area contributed by atoms with Crippen LogP contribution in [0.4, 0.5) is 29.1 Å². The number of H-pyrrole nitrogens is 1. The third-order valence-corrected chi connectivity index (χ3v) is 5.01. The largest absolute Gasteiger partial charge is 0.434 e. The summed E-state index contributed by atoms with van der Waals surface area (Å²) < 4.78 is 51.9. The van der Waals surface area contributed by atoms with E-state index >= 15 is 0 Å². The number of anilines is 2. The molecule has 1 aromatic carbocycles. The van der Waals surface area contributed by atoms with Gasteiger partial charge in [0.25, 0.3) is 0 Å². The SMILES string of the molecule is Cc1ccc(N2CCN(c3ccc(-c4nc(C(F)(F)F)c[nH]4)cn3)CC2)cc1F. The number of hydrogen-bond acceptors (Lipinski definition) is 4. The first-order valence-electron chi connectivity index (χ1n) is 9.16. The van der Waals surface area contributed by atoms with Crippen LogP contribution in [0.1, 0.15) is 11.3 Å². The molecule has 0 atom stereocenters. The van der Waals surface area contributed by atoms with Crippen LogP contribution < -0.4 is 9.80 Å². The molecule has 29 heavy (non-hydrogen) atoms. The van der Waals surface area contributed by atoms with Crippen molar-refractivity contribution in [3.05, 3.63) is 59.8 Å². The predicted molar refractivity (Wildman–Crippen MR) is 102 cm³/mol. The molecule has 1 saturated heterocycles. The van der Waals surface area contributed by atoms with Gasteiger partial charge >= 0.3 is 6.18 Å². The van der Waals surface area contributed by atoms with Gasteiger partial charge in [-0.3, -0.25) is 0 Å². The Hall–Kier alpha value is -3.10. The molecule has 1 N–H and O–H groups in total. The number of alkyl halides is 3. The van der Waals surface area contributed by atoms with Crippen molar-refractivity contribution in [2.24, 2.45) is 0 Å². The molecule has 9 heteroatoms. The Bertz CT molecular complexity index is 989. The second kappa shape index (κ2) is 7.38. The molecule has 0 amide bonds. The summed E-state index contributed by atoms with van der Waals surface area (Å²) in [6.45, 7) is 4.60. The number of benzene rings is 1. The van der Waals surface area contributed by atoms with Gasteiger partial charge in [0.15, 0.2) is 5.69 Å². The van der Waals surface area contributed by atoms with Crippen molar-refractivity contribution in [1.82, 2.24) is 15.0 Å². The van der Waals surface area contributed by atoms with E-state index in [1.165, 1.54) is 6.20 Å². The lowest BCUT2D eigenvalue weighted by atomic mass is 10.2. The summed E-state index contributed by atoms with van der Waals surface area (Å²) in [4.78, 5) is 14.7. The van der Waals surface area contributed by atoms with E-state index in [0.717, 1.165) is 30.8 Å². The summed E-state index contributed by atoms with van der Waals surface area (Å²) in [5, 5.41) is 0. The van der Waals surface area contributed by atoms with Crippen LogP contribution in [0.3, 0.4) is 0 Å². The zero-order valence-corrected chi connectivity index (χ0v) is 15.7. The number of nitrogens with one attached hydrogen (secondary N) is 1. The molecule has 0 saturated carbocycles. The van der Waals surface area contributed by atoms with E-state index in [2.05, 4.69) is 24.8 Å². The molecule has 2 aromatic heterocycles. The molecule has 0 aliphatic carbocycles. The van der Waals surface area contributed by atoms with Crippen molar-refractivity contribution in [3.8, 4) is 11.4 Å². The molecule has 5 nitrogen and oxygen atoms in total. The second-order valence-electron chi connectivity index (χ2n) is 6.94. The van der Waals surface area contributed by atoms with E-state index in [4.69, 9.17) is 0 Å². The van der Waals surface area contributed by atoms with Crippen LogP contribution in [0.2, 0.25) is 0 Å². The normalized spacial score (nSPS) is 15.1. The minimum absolute atomic E-state index is 0.127. The molecule has 152 valence electrons. The van der Waals surface area contributed by atoms with Gasteiger partial charge in [-0.25, -0.2) is 14.4 Å². The lowest BCUT2D eigenvalue weighted by Crippen LogP contribution is -2.46. The maximum absolute atomic E-state index is 13.8. The van der Waals surface area contributed by atoms with Crippen LogP contribution in [0.25, 0.3) is 11.4 Å². The first-order chi connectivity index (χ1) is 13.8. The lowest BCUT2D eigenvalue weighted by molar-refractivity contribution is -0.140. The molecule has 4 rings (SSSR count). The summed E-state index contributed by atoms with van der Waals surface area (Å²) in [5.74, 6) is 0.655. The number of nitrogens with zero attached hydrogens (tertiary/aromatic N) is 4. The van der Waals surface area contributed by atoms with Gasteiger partial charge in [-0.2, -0.15) is 13.2 Å². The van der Waals surface area contributed by atoms with E-state index in [9.17, 15) is 17.6 Å². The maximum Gasteiger partial charge on any atom is 0.434 e. The molecule has 3 heterocycles. The van der Waals surface area contributed by atoms with Crippen LogP contribution in [0.15, 0.2) is 42.7 Å². The highest BCUT2D eigenvalue weighted by Crippen LogP contribution is 2.29. The van der Waals surface area contributed by atoms with Crippen LogP contribution in [0, 0.1) is 12.7 Å². The number of rotatable bonds is 3. The molecular weight excluding hydrogens is 386 g/mol. The molecule has 1 aliphatic rings. The average Bonchev–Trinajstić information content (AvgIpc) is 3.21. The summed E-state index contributed by atoms with van der Waals surface area (Å²) in [6, 6.07) is 8.71. The fourth-order valence-corrected chi connectivity index (χ4v) is 3.30. The molecule has 0 unspecified atom stereocenters. The monoisotopic (exact) mass is 405 g/mol. The van der Waals surface area contributed by atoms with Gasteiger partial charge in [0.1, 0.15) is 17.5 Å². The minimum atomic E-state index is -4.48. The van der Waals surface area contributed by atoms with E-state index in [0.29, 0.717) is 24.2 Å². The van der Waals surface area contributed by atoms with Gasteiger partial charge in [0.2, 0.25) is 0 Å². The summed E-state index contributed by atoms with van der Waals surface area (Å²) >= 11 is 0. The molecule has 1 aliphatic heterocycles. The summed E-state index contributed by atoms with van der Waals surface area (Å²) in [6.07, 6.45) is -2.13. The van der Waals surface area contributed by atoms with Gasteiger partial charge in [0, 0.05) is 49.8 Å². The third kappa shape index (κ3) is 4.03. The van der Waals surface area contributed by atoms with Crippen molar-refractivity contribution in [1.29, 1.82) is 0 Å². The standard InChI is InChI=1S/C20H19F4N5/c1-13-2-4-15(10-16(13)21)28-6-8-29(9-7-28)18-5-3-14(11-25-18)19-26-12-17(27-19)20(22,23)24/h2-5,10-12H,6-9H2,1H3,(H,26,27). The minimum Gasteiger partial charge on any atom is -0.368 e. The smallest absolute Gasteiger partial charge is 0.368 e. The Balaban J connectivity index is 1.41. The number of aromatic amines is 1. The number of piperazine rings is 1. The van der Waals surface area contributed by atoms with E-state index in [1.54, 1.807) is 31.2 Å². The molecule has 0 bridgehead atoms. The topological polar surface area (TPSA) is 48.0 Å². The number of halogens is 4. The fourth-order valence-electron chi connectivity index (χ4n) is 3.30. The van der Waals surface area contributed by atoms with Crippen molar-refractivity contribution in [2.75, 3.05) is 36.0 Å². The van der Waals surface area contributed by atoms with Crippen LogP contribution in [-0.2, 0) is 6.18 Å². The van der Waals surface area contributed by atoms with Gasteiger partial charge in [0.05, 0.1) is 0 Å². The molecule has 0 spiro atoms. The Labute approximate surface area is 165 Å². The predicted octanol–water partition coefficient (Wildman–Crippen LogP) is 4.26. The Morgan fingerprint density at radius 3 is 2.31 bits per heavy atom.